The molecule has 3 aromatic rings. The van der Waals surface area contributed by atoms with Gasteiger partial charge in [-0.1, -0.05) is 64.5 Å². The number of guanidine groups is 1. The normalized spacial score (nSPS) is 15.9. The lowest BCUT2D eigenvalue weighted by Gasteiger charge is -2.26. The summed E-state index contributed by atoms with van der Waals surface area (Å²) in [7, 11) is -3.74. The molecule has 0 fully saturated rings. The Bertz CT molecular complexity index is 1120. The number of halogens is 1. The van der Waals surface area contributed by atoms with E-state index in [4.69, 9.17) is 0 Å². The van der Waals surface area contributed by atoms with Gasteiger partial charge in [-0.05, 0) is 35.9 Å². The summed E-state index contributed by atoms with van der Waals surface area (Å²) >= 11 is 3.30. The zero-order chi connectivity index (χ0) is 19.6. The van der Waals surface area contributed by atoms with Gasteiger partial charge in [0.15, 0.2) is 0 Å². The molecule has 3 aromatic carbocycles. The van der Waals surface area contributed by atoms with Crippen molar-refractivity contribution < 1.29 is 8.42 Å². The summed E-state index contributed by atoms with van der Waals surface area (Å²) in [5.41, 5.74) is 5.62. The van der Waals surface area contributed by atoms with Crippen LogP contribution < -0.4 is 15.6 Å². The maximum atomic E-state index is 12.5. The topological polar surface area (TPSA) is 82.6 Å². The van der Waals surface area contributed by atoms with Gasteiger partial charge < -0.3 is 5.32 Å². The predicted molar refractivity (Wildman–Crippen MR) is 113 cm³/mol. The summed E-state index contributed by atoms with van der Waals surface area (Å²) in [6.07, 6.45) is 0. The molecule has 4 rings (SSSR count). The van der Waals surface area contributed by atoms with Crippen LogP contribution in [0.4, 0.5) is 5.69 Å². The molecule has 6 nitrogen and oxygen atoms in total. The molecular formula is C20H17BrN4O2S. The number of hydrogen-bond donors (Lipinski definition) is 3. The summed E-state index contributed by atoms with van der Waals surface area (Å²) in [5.74, 6) is 0.327. The van der Waals surface area contributed by atoms with Crippen LogP contribution >= 0.6 is 15.9 Å². The van der Waals surface area contributed by atoms with Gasteiger partial charge in [0.1, 0.15) is 6.04 Å². The lowest BCUT2D eigenvalue weighted by molar-refractivity contribution is 0.576. The average molecular weight is 457 g/mol. The van der Waals surface area contributed by atoms with Crippen molar-refractivity contribution in [1.82, 2.24) is 10.3 Å². The lowest BCUT2D eigenvalue weighted by Crippen LogP contribution is -2.46. The molecule has 1 aliphatic rings. The van der Waals surface area contributed by atoms with E-state index in [1.165, 1.54) is 12.1 Å². The molecule has 0 bridgehead atoms. The SMILES string of the molecule is O=S(=O)(NNC1=NC(c2ccccc2)c2ccccc2N1)c1ccc(Br)cc1. The first kappa shape index (κ1) is 18.7. The zero-order valence-corrected chi connectivity index (χ0v) is 17.0. The first-order valence-corrected chi connectivity index (χ1v) is 10.8. The van der Waals surface area contributed by atoms with Crippen molar-refractivity contribution in [1.29, 1.82) is 0 Å². The number of rotatable bonds is 4. The van der Waals surface area contributed by atoms with Crippen LogP contribution in [-0.2, 0) is 10.0 Å². The maximum absolute atomic E-state index is 12.5. The summed E-state index contributed by atoms with van der Waals surface area (Å²) in [5, 5.41) is 3.13. The van der Waals surface area contributed by atoms with Gasteiger partial charge in [-0.15, -0.1) is 4.83 Å². The van der Waals surface area contributed by atoms with Gasteiger partial charge >= 0.3 is 0 Å². The van der Waals surface area contributed by atoms with Crippen molar-refractivity contribution in [3.8, 4) is 0 Å². The van der Waals surface area contributed by atoms with Crippen molar-refractivity contribution >= 4 is 37.6 Å². The Labute approximate surface area is 171 Å². The van der Waals surface area contributed by atoms with Crippen molar-refractivity contribution in [2.75, 3.05) is 5.32 Å². The van der Waals surface area contributed by atoms with Crippen LogP contribution in [0.1, 0.15) is 17.2 Å². The van der Waals surface area contributed by atoms with Crippen molar-refractivity contribution in [3.63, 3.8) is 0 Å². The molecule has 0 aliphatic carbocycles. The van der Waals surface area contributed by atoms with Crippen LogP contribution in [-0.4, -0.2) is 14.4 Å². The molecule has 0 amide bonds. The van der Waals surface area contributed by atoms with Crippen molar-refractivity contribution in [2.24, 2.45) is 4.99 Å². The van der Waals surface area contributed by atoms with Crippen LogP contribution in [0.3, 0.4) is 0 Å². The fourth-order valence-corrected chi connectivity index (χ4v) is 4.06. The number of aliphatic imine (C=N–C) groups is 1. The molecule has 3 N–H and O–H groups in total. The van der Waals surface area contributed by atoms with E-state index in [2.05, 4.69) is 36.5 Å². The van der Waals surface area contributed by atoms with E-state index in [9.17, 15) is 8.42 Å². The number of sulfonamides is 1. The minimum Gasteiger partial charge on any atom is -0.325 e. The number of anilines is 1. The van der Waals surface area contributed by atoms with Gasteiger partial charge in [0, 0.05) is 15.7 Å². The third-order valence-corrected chi connectivity index (χ3v) is 6.10. The molecule has 0 aromatic heterocycles. The first-order valence-electron chi connectivity index (χ1n) is 8.55. The molecular weight excluding hydrogens is 440 g/mol. The first-order chi connectivity index (χ1) is 13.5. The van der Waals surface area contributed by atoms with E-state index in [0.29, 0.717) is 5.96 Å². The Kier molecular flexibility index (Phi) is 5.17. The van der Waals surface area contributed by atoms with Crippen LogP contribution in [0.2, 0.25) is 0 Å². The summed E-state index contributed by atoms with van der Waals surface area (Å²) in [6.45, 7) is 0. The Morgan fingerprint density at radius 3 is 2.32 bits per heavy atom. The highest BCUT2D eigenvalue weighted by Gasteiger charge is 2.23. The molecule has 0 saturated heterocycles. The molecule has 1 atom stereocenters. The second-order valence-corrected chi connectivity index (χ2v) is 8.79. The predicted octanol–water partition coefficient (Wildman–Crippen LogP) is 3.80. The van der Waals surface area contributed by atoms with Crippen LogP contribution in [0.15, 0.2) is 93.2 Å². The van der Waals surface area contributed by atoms with E-state index >= 15 is 0 Å². The molecule has 142 valence electrons. The van der Waals surface area contributed by atoms with Crippen molar-refractivity contribution in [2.45, 2.75) is 10.9 Å². The summed E-state index contributed by atoms with van der Waals surface area (Å²) in [6, 6.07) is 23.8. The molecule has 1 heterocycles. The number of hydrazine groups is 1. The van der Waals surface area contributed by atoms with Gasteiger partial charge in [-0.2, -0.15) is 0 Å². The van der Waals surface area contributed by atoms with Gasteiger partial charge in [0.2, 0.25) is 5.96 Å². The van der Waals surface area contributed by atoms with Crippen molar-refractivity contribution in [3.05, 3.63) is 94.5 Å². The summed E-state index contributed by atoms with van der Waals surface area (Å²) in [4.78, 5) is 7.20. The number of nitrogens with one attached hydrogen (secondary N) is 3. The molecule has 8 heteroatoms. The van der Waals surface area contributed by atoms with Crippen LogP contribution in [0.5, 0.6) is 0 Å². The van der Waals surface area contributed by atoms with Crippen LogP contribution in [0, 0.1) is 0 Å². The van der Waals surface area contributed by atoms with Gasteiger partial charge in [-0.3, -0.25) is 5.43 Å². The number of fused-ring (bicyclic) bond motifs is 1. The fraction of sp³-hybridized carbons (Fsp3) is 0.0500. The highest BCUT2D eigenvalue weighted by Crippen LogP contribution is 2.34. The fourth-order valence-electron chi connectivity index (χ4n) is 2.95. The molecule has 0 radical (unpaired) electrons. The third-order valence-electron chi connectivity index (χ3n) is 4.31. The number of nitrogens with zero attached hydrogens (tertiary/aromatic N) is 1. The summed E-state index contributed by atoms with van der Waals surface area (Å²) < 4.78 is 25.8. The minimum atomic E-state index is -3.74. The van der Waals surface area contributed by atoms with E-state index in [-0.39, 0.29) is 10.9 Å². The number of para-hydroxylation sites is 1. The largest absolute Gasteiger partial charge is 0.325 e. The van der Waals surface area contributed by atoms with E-state index in [1.807, 2.05) is 54.6 Å². The monoisotopic (exact) mass is 456 g/mol. The molecule has 0 saturated carbocycles. The molecule has 1 unspecified atom stereocenters. The maximum Gasteiger partial charge on any atom is 0.257 e. The highest BCUT2D eigenvalue weighted by molar-refractivity contribution is 9.10. The zero-order valence-electron chi connectivity index (χ0n) is 14.6. The number of benzene rings is 3. The molecule has 28 heavy (non-hydrogen) atoms. The smallest absolute Gasteiger partial charge is 0.257 e. The average Bonchev–Trinajstić information content (AvgIpc) is 2.73. The second kappa shape index (κ2) is 7.75. The lowest BCUT2D eigenvalue weighted by atomic mass is 9.97. The molecule has 1 aliphatic heterocycles. The van der Waals surface area contributed by atoms with Crippen LogP contribution in [0.25, 0.3) is 0 Å². The Balaban J connectivity index is 1.59. The Hall–Kier alpha value is -2.68. The number of hydrogen-bond acceptors (Lipinski definition) is 5. The van der Waals surface area contributed by atoms with Gasteiger partial charge in [0.05, 0.1) is 4.90 Å². The Morgan fingerprint density at radius 1 is 0.893 bits per heavy atom. The van der Waals surface area contributed by atoms with E-state index in [1.54, 1.807) is 12.1 Å². The Morgan fingerprint density at radius 2 is 1.57 bits per heavy atom. The van der Waals surface area contributed by atoms with Gasteiger partial charge in [-0.25, -0.2) is 13.4 Å². The second-order valence-electron chi connectivity index (χ2n) is 6.19. The van der Waals surface area contributed by atoms with E-state index in [0.717, 1.165) is 21.3 Å². The van der Waals surface area contributed by atoms with E-state index < -0.39 is 10.0 Å². The molecule has 0 spiro atoms. The quantitative estimate of drug-likeness (QED) is 0.521. The minimum absolute atomic E-state index is 0.152. The highest BCUT2D eigenvalue weighted by atomic mass is 79.9. The third kappa shape index (κ3) is 3.94. The standard InChI is InChI=1S/C20H17BrN4O2S/c21-15-10-12-16(13-11-15)28(26,27)25-24-20-22-18-9-5-4-8-17(18)19(23-20)14-6-2-1-3-7-14/h1-13,19,25H,(H2,22,23,24). The van der Waals surface area contributed by atoms with Gasteiger partial charge in [0.25, 0.3) is 10.0 Å².